The lowest BCUT2D eigenvalue weighted by Crippen LogP contribution is -2.58. The lowest BCUT2D eigenvalue weighted by atomic mass is 9.89. The third-order valence-corrected chi connectivity index (χ3v) is 11.8. The first-order valence-corrected chi connectivity index (χ1v) is 21.7. The molecule has 0 N–H and O–H groups in total. The maximum absolute atomic E-state index is 12.3. The molecular weight excluding hydrogens is 782 g/mol. The molecule has 1 saturated carbocycles. The molecule has 2 fully saturated rings. The van der Waals surface area contributed by atoms with E-state index in [2.05, 4.69) is 78.9 Å². The smallest absolute Gasteiger partial charge is 0.219 e. The van der Waals surface area contributed by atoms with E-state index in [0.29, 0.717) is 50.5 Å². The van der Waals surface area contributed by atoms with Crippen LogP contribution in [0.5, 0.6) is 0 Å². The lowest BCUT2D eigenvalue weighted by Gasteiger charge is -2.46. The van der Waals surface area contributed by atoms with Crippen LogP contribution >= 0.6 is 11.6 Å². The first-order chi connectivity index (χ1) is 30.0. The van der Waals surface area contributed by atoms with E-state index < -0.39 is 30.5 Å². The Hall–Kier alpha value is -5.12. The summed E-state index contributed by atoms with van der Waals surface area (Å²) in [7, 11) is 0. The third-order valence-electron chi connectivity index (χ3n) is 11.4. The number of carbonyl (C=O) groups excluding carboxylic acids is 1. The number of carbonyl (C=O) groups is 1. The van der Waals surface area contributed by atoms with Crippen LogP contribution in [-0.2, 0) is 67.9 Å². The molecular formula is C53H54ClNO6. The summed E-state index contributed by atoms with van der Waals surface area (Å²) in [5.74, 6) is 0.123. The number of ether oxygens (including phenoxy) is 5. The number of nitrogens with zero attached hydrogens (tertiary/aromatic N) is 1. The quantitative estimate of drug-likeness (QED) is 0.0810. The van der Waals surface area contributed by atoms with Crippen LogP contribution in [-0.4, -0.2) is 47.9 Å². The normalized spacial score (nSPS) is 20.0. The summed E-state index contributed by atoms with van der Waals surface area (Å²) in [6, 6.07) is 55.7. The summed E-state index contributed by atoms with van der Waals surface area (Å²) in [5, 5.41) is 0.672. The zero-order valence-electron chi connectivity index (χ0n) is 34.7. The van der Waals surface area contributed by atoms with Crippen molar-refractivity contribution in [2.24, 2.45) is 0 Å². The molecule has 61 heavy (non-hydrogen) atoms. The van der Waals surface area contributed by atoms with Crippen LogP contribution in [0.4, 0.5) is 0 Å². The minimum atomic E-state index is -0.570. The zero-order valence-corrected chi connectivity index (χ0v) is 35.4. The largest absolute Gasteiger partial charge is 0.374 e. The van der Waals surface area contributed by atoms with Gasteiger partial charge >= 0.3 is 0 Å². The summed E-state index contributed by atoms with van der Waals surface area (Å²) in [5.41, 5.74) is 8.36. The van der Waals surface area contributed by atoms with Gasteiger partial charge in [0.2, 0.25) is 5.91 Å². The van der Waals surface area contributed by atoms with Crippen molar-refractivity contribution >= 4 is 17.5 Å². The highest BCUT2D eigenvalue weighted by molar-refractivity contribution is 6.31. The lowest BCUT2D eigenvalue weighted by molar-refractivity contribution is -0.275. The van der Waals surface area contributed by atoms with Gasteiger partial charge in [-0.1, -0.05) is 169 Å². The molecule has 0 aromatic heterocycles. The number of benzene rings is 6. The van der Waals surface area contributed by atoms with Gasteiger partial charge in [0.25, 0.3) is 0 Å². The van der Waals surface area contributed by atoms with Crippen LogP contribution in [0.1, 0.15) is 70.4 Å². The Kier molecular flexibility index (Phi) is 14.7. The third kappa shape index (κ3) is 11.8. The fraction of sp³-hybridized carbons (Fsp3) is 0.302. The van der Waals surface area contributed by atoms with Crippen molar-refractivity contribution in [2.45, 2.75) is 95.7 Å². The minimum absolute atomic E-state index is 0.123. The van der Waals surface area contributed by atoms with Crippen LogP contribution in [0.3, 0.4) is 0 Å². The van der Waals surface area contributed by atoms with Crippen molar-refractivity contribution in [3.8, 4) is 0 Å². The van der Waals surface area contributed by atoms with E-state index in [1.807, 2.05) is 89.8 Å². The molecule has 7 nitrogen and oxygen atoms in total. The average molecular weight is 836 g/mol. The van der Waals surface area contributed by atoms with Gasteiger partial charge in [-0.3, -0.25) is 4.79 Å². The molecule has 0 radical (unpaired) electrons. The van der Waals surface area contributed by atoms with E-state index in [0.717, 1.165) is 57.3 Å². The Bertz CT molecular complexity index is 2260. The maximum Gasteiger partial charge on any atom is 0.219 e. The molecule has 6 aromatic carbocycles. The van der Waals surface area contributed by atoms with E-state index in [9.17, 15) is 4.79 Å². The van der Waals surface area contributed by atoms with Gasteiger partial charge in [-0.05, 0) is 69.8 Å². The van der Waals surface area contributed by atoms with Crippen molar-refractivity contribution in [1.29, 1.82) is 0 Å². The van der Waals surface area contributed by atoms with Gasteiger partial charge < -0.3 is 28.6 Å². The zero-order chi connectivity index (χ0) is 41.8. The molecule has 5 atom stereocenters. The standard InChI is InChI=1S/C53H54ClNO6/c1-38(56)55(47-27-28-47)32-40-24-22-39(23-25-40)30-46-31-45(26-29-48(46)54)50-52(59-35-43-18-10-4-11-19-43)53(60-36-44-20-12-5-13-21-44)51(58-34-42-16-8-3-9-17-42)49(61-50)37-57-33-41-14-6-2-7-15-41/h2-26,29,31,47,49-53H,27-28,30,32-37H2,1H3. The summed E-state index contributed by atoms with van der Waals surface area (Å²) in [6.07, 6.45) is 0.0649. The molecule has 5 unspecified atom stereocenters. The second kappa shape index (κ2) is 21.1. The Morgan fingerprint density at radius 2 is 1.08 bits per heavy atom. The number of rotatable bonds is 19. The SMILES string of the molecule is CC(=O)N(Cc1ccc(Cc2cc(C3OC(COCc4ccccc4)C(OCc4ccccc4)C(OCc4ccccc4)C3OCc3ccccc3)ccc2Cl)cc1)C1CC1. The molecule has 314 valence electrons. The van der Waals surface area contributed by atoms with E-state index in [4.69, 9.17) is 35.3 Å². The van der Waals surface area contributed by atoms with Crippen LogP contribution in [0.25, 0.3) is 0 Å². The Morgan fingerprint density at radius 1 is 0.590 bits per heavy atom. The first-order valence-electron chi connectivity index (χ1n) is 21.3. The van der Waals surface area contributed by atoms with E-state index in [1.165, 1.54) is 0 Å². The minimum Gasteiger partial charge on any atom is -0.374 e. The van der Waals surface area contributed by atoms with Crippen LogP contribution < -0.4 is 0 Å². The van der Waals surface area contributed by atoms with E-state index in [1.54, 1.807) is 6.92 Å². The molecule has 1 amide bonds. The van der Waals surface area contributed by atoms with Crippen LogP contribution in [0.2, 0.25) is 5.02 Å². The molecule has 1 heterocycles. The van der Waals surface area contributed by atoms with Crippen LogP contribution in [0.15, 0.2) is 164 Å². The van der Waals surface area contributed by atoms with Crippen molar-refractivity contribution in [2.75, 3.05) is 6.61 Å². The van der Waals surface area contributed by atoms with E-state index in [-0.39, 0.29) is 12.5 Å². The molecule has 1 aliphatic carbocycles. The van der Waals surface area contributed by atoms with Crippen molar-refractivity contribution in [1.82, 2.24) is 4.90 Å². The van der Waals surface area contributed by atoms with E-state index >= 15 is 0 Å². The Labute approximate surface area is 365 Å². The Morgan fingerprint density at radius 3 is 1.61 bits per heavy atom. The summed E-state index contributed by atoms with van der Waals surface area (Å²) in [4.78, 5) is 14.3. The van der Waals surface area contributed by atoms with Gasteiger partial charge in [-0.2, -0.15) is 0 Å². The van der Waals surface area contributed by atoms with Crippen LogP contribution in [0, 0.1) is 0 Å². The predicted molar refractivity (Wildman–Crippen MR) is 239 cm³/mol. The number of amides is 1. The van der Waals surface area contributed by atoms with Gasteiger partial charge in [0, 0.05) is 24.5 Å². The fourth-order valence-corrected chi connectivity index (χ4v) is 8.21. The molecule has 8 heteroatoms. The van der Waals surface area contributed by atoms with Gasteiger partial charge in [0.15, 0.2) is 0 Å². The molecule has 1 saturated heterocycles. The molecule has 2 aliphatic rings. The molecule has 8 rings (SSSR count). The summed E-state index contributed by atoms with van der Waals surface area (Å²) in [6.45, 7) is 4.06. The molecule has 1 aliphatic heterocycles. The summed E-state index contributed by atoms with van der Waals surface area (Å²) < 4.78 is 34.5. The van der Waals surface area contributed by atoms with Gasteiger partial charge in [0.1, 0.15) is 30.5 Å². The number of hydrogen-bond donors (Lipinski definition) is 0. The van der Waals surface area contributed by atoms with Gasteiger partial charge in [0.05, 0.1) is 33.0 Å². The van der Waals surface area contributed by atoms with Gasteiger partial charge in [-0.15, -0.1) is 0 Å². The predicted octanol–water partition coefficient (Wildman–Crippen LogP) is 10.9. The second-order valence-electron chi connectivity index (χ2n) is 16.1. The van der Waals surface area contributed by atoms with Crippen molar-refractivity contribution < 1.29 is 28.5 Å². The summed E-state index contributed by atoms with van der Waals surface area (Å²) >= 11 is 6.98. The highest BCUT2D eigenvalue weighted by atomic mass is 35.5. The van der Waals surface area contributed by atoms with Gasteiger partial charge in [-0.25, -0.2) is 0 Å². The van der Waals surface area contributed by atoms with Crippen molar-refractivity contribution in [3.63, 3.8) is 0 Å². The fourth-order valence-electron chi connectivity index (χ4n) is 8.03. The first kappa shape index (κ1) is 42.6. The molecule has 6 aromatic rings. The molecule has 0 spiro atoms. The number of halogens is 1. The number of hydrogen-bond acceptors (Lipinski definition) is 6. The second-order valence-corrected chi connectivity index (χ2v) is 16.5. The topological polar surface area (TPSA) is 66.5 Å². The van der Waals surface area contributed by atoms with Crippen molar-refractivity contribution in [3.05, 3.63) is 213 Å². The average Bonchev–Trinajstić information content (AvgIpc) is 4.15. The monoisotopic (exact) mass is 835 g/mol. The maximum atomic E-state index is 12.3. The molecule has 0 bridgehead atoms. The highest BCUT2D eigenvalue weighted by Gasteiger charge is 2.49. The highest BCUT2D eigenvalue weighted by Crippen LogP contribution is 2.40. The Balaban J connectivity index is 1.12.